The molecule has 0 bridgehead atoms. The maximum Gasteiger partial charge on any atom is 0.323 e. The molecule has 94 valence electrons. The van der Waals surface area contributed by atoms with Gasteiger partial charge in [-0.15, -0.1) is 0 Å². The number of carboxylic acid groups (broad SMARTS) is 1. The van der Waals surface area contributed by atoms with Gasteiger partial charge in [-0.3, -0.25) is 10.1 Å². The zero-order valence-corrected chi connectivity index (χ0v) is 10.6. The van der Waals surface area contributed by atoms with Crippen LogP contribution in [-0.4, -0.2) is 29.8 Å². The van der Waals surface area contributed by atoms with Gasteiger partial charge in [0, 0.05) is 11.6 Å². The maximum atomic E-state index is 10.8. The van der Waals surface area contributed by atoms with E-state index in [-0.39, 0.29) is 0 Å². The molecule has 0 unspecified atom stereocenters. The SMILES string of the molecule is CC(C)(NCCOc1ccc(Cl)cc1)C(=O)O. The molecule has 1 aromatic carbocycles. The Morgan fingerprint density at radius 2 is 2.00 bits per heavy atom. The third kappa shape index (κ3) is 4.63. The van der Waals surface area contributed by atoms with Gasteiger partial charge in [0.2, 0.25) is 0 Å². The van der Waals surface area contributed by atoms with Crippen LogP contribution in [-0.2, 0) is 4.79 Å². The van der Waals surface area contributed by atoms with Crippen molar-refractivity contribution in [1.29, 1.82) is 0 Å². The van der Waals surface area contributed by atoms with Gasteiger partial charge >= 0.3 is 5.97 Å². The highest BCUT2D eigenvalue weighted by Crippen LogP contribution is 2.15. The van der Waals surface area contributed by atoms with E-state index in [0.29, 0.717) is 23.9 Å². The van der Waals surface area contributed by atoms with Crippen molar-refractivity contribution in [3.8, 4) is 5.75 Å². The second-order valence-electron chi connectivity index (χ2n) is 4.16. The number of hydrogen-bond acceptors (Lipinski definition) is 3. The van der Waals surface area contributed by atoms with Crippen molar-refractivity contribution in [2.45, 2.75) is 19.4 Å². The van der Waals surface area contributed by atoms with Gasteiger partial charge in [-0.25, -0.2) is 0 Å². The highest BCUT2D eigenvalue weighted by atomic mass is 35.5. The summed E-state index contributed by atoms with van der Waals surface area (Å²) in [4.78, 5) is 10.8. The standard InChI is InChI=1S/C12H16ClNO3/c1-12(2,11(15)16)14-7-8-17-10-5-3-9(13)4-6-10/h3-6,14H,7-8H2,1-2H3,(H,15,16). The molecule has 0 heterocycles. The first-order valence-electron chi connectivity index (χ1n) is 5.28. The Bertz CT molecular complexity index is 376. The van der Waals surface area contributed by atoms with Crippen molar-refractivity contribution in [1.82, 2.24) is 5.32 Å². The largest absolute Gasteiger partial charge is 0.492 e. The van der Waals surface area contributed by atoms with Crippen LogP contribution < -0.4 is 10.1 Å². The second kappa shape index (κ2) is 5.89. The highest BCUT2D eigenvalue weighted by molar-refractivity contribution is 6.30. The summed E-state index contributed by atoms with van der Waals surface area (Å²) in [5.74, 6) is -0.173. The number of nitrogens with one attached hydrogen (secondary N) is 1. The molecule has 5 heteroatoms. The highest BCUT2D eigenvalue weighted by Gasteiger charge is 2.25. The van der Waals surface area contributed by atoms with E-state index >= 15 is 0 Å². The minimum absolute atomic E-state index is 0.401. The average molecular weight is 258 g/mol. The molecule has 0 saturated heterocycles. The van der Waals surface area contributed by atoms with Crippen LogP contribution in [0.25, 0.3) is 0 Å². The Labute approximate surface area is 106 Å². The number of carboxylic acids is 1. The summed E-state index contributed by atoms with van der Waals surface area (Å²) in [6, 6.07) is 7.02. The van der Waals surface area contributed by atoms with Crippen LogP contribution in [0.3, 0.4) is 0 Å². The van der Waals surface area contributed by atoms with E-state index in [1.165, 1.54) is 0 Å². The Hall–Kier alpha value is -1.26. The lowest BCUT2D eigenvalue weighted by molar-refractivity contribution is -0.143. The average Bonchev–Trinajstić information content (AvgIpc) is 2.26. The number of benzene rings is 1. The molecule has 0 radical (unpaired) electrons. The van der Waals surface area contributed by atoms with Crippen LogP contribution in [0.1, 0.15) is 13.8 Å². The van der Waals surface area contributed by atoms with Crippen molar-refractivity contribution < 1.29 is 14.6 Å². The maximum absolute atomic E-state index is 10.8. The quantitative estimate of drug-likeness (QED) is 0.767. The van der Waals surface area contributed by atoms with Crippen molar-refractivity contribution >= 4 is 17.6 Å². The second-order valence-corrected chi connectivity index (χ2v) is 4.60. The molecule has 0 spiro atoms. The summed E-state index contributed by atoms with van der Waals surface area (Å²) in [5, 5.41) is 12.4. The Morgan fingerprint density at radius 3 is 2.53 bits per heavy atom. The molecule has 0 fully saturated rings. The van der Waals surface area contributed by atoms with Crippen molar-refractivity contribution in [3.63, 3.8) is 0 Å². The molecule has 0 aliphatic rings. The number of ether oxygens (including phenoxy) is 1. The number of hydrogen-bond donors (Lipinski definition) is 2. The van der Waals surface area contributed by atoms with Gasteiger partial charge in [0.25, 0.3) is 0 Å². The molecular weight excluding hydrogens is 242 g/mol. The monoisotopic (exact) mass is 257 g/mol. The fourth-order valence-electron chi connectivity index (χ4n) is 1.14. The van der Waals surface area contributed by atoms with E-state index < -0.39 is 11.5 Å². The molecule has 1 rings (SSSR count). The topological polar surface area (TPSA) is 58.6 Å². The van der Waals surface area contributed by atoms with Crippen LogP contribution in [0, 0.1) is 0 Å². The minimum Gasteiger partial charge on any atom is -0.492 e. The van der Waals surface area contributed by atoms with E-state index in [2.05, 4.69) is 5.32 Å². The Morgan fingerprint density at radius 1 is 1.41 bits per heavy atom. The first-order valence-corrected chi connectivity index (χ1v) is 5.66. The predicted molar refractivity (Wildman–Crippen MR) is 66.7 cm³/mol. The molecule has 17 heavy (non-hydrogen) atoms. The Kier molecular flexibility index (Phi) is 4.78. The minimum atomic E-state index is -0.941. The first-order chi connectivity index (χ1) is 7.92. The van der Waals surface area contributed by atoms with E-state index in [0.717, 1.165) is 0 Å². The van der Waals surface area contributed by atoms with E-state index in [9.17, 15) is 4.79 Å². The zero-order valence-electron chi connectivity index (χ0n) is 9.87. The number of halogens is 1. The Balaban J connectivity index is 2.29. The van der Waals surface area contributed by atoms with Gasteiger partial charge in [0.15, 0.2) is 0 Å². The van der Waals surface area contributed by atoms with Gasteiger partial charge in [-0.1, -0.05) is 11.6 Å². The molecule has 0 amide bonds. The van der Waals surface area contributed by atoms with Crippen LogP contribution in [0.4, 0.5) is 0 Å². The van der Waals surface area contributed by atoms with Gasteiger partial charge in [0.1, 0.15) is 17.9 Å². The summed E-state index contributed by atoms with van der Waals surface area (Å²) in [6.07, 6.45) is 0. The molecule has 0 atom stereocenters. The van der Waals surface area contributed by atoms with Crippen molar-refractivity contribution in [2.75, 3.05) is 13.2 Å². The van der Waals surface area contributed by atoms with Gasteiger partial charge in [0.05, 0.1) is 0 Å². The first kappa shape index (κ1) is 13.8. The number of rotatable bonds is 6. The van der Waals surface area contributed by atoms with E-state index in [4.69, 9.17) is 21.4 Å². The van der Waals surface area contributed by atoms with E-state index in [1.54, 1.807) is 38.1 Å². The van der Waals surface area contributed by atoms with Crippen molar-refractivity contribution in [2.24, 2.45) is 0 Å². The molecule has 4 nitrogen and oxygen atoms in total. The van der Waals surface area contributed by atoms with Crippen LogP contribution in [0.15, 0.2) is 24.3 Å². The summed E-state index contributed by atoms with van der Waals surface area (Å²) < 4.78 is 5.42. The smallest absolute Gasteiger partial charge is 0.323 e. The predicted octanol–water partition coefficient (Wildman–Crippen LogP) is 2.17. The summed E-state index contributed by atoms with van der Waals surface area (Å²) in [5.41, 5.74) is -0.941. The normalized spacial score (nSPS) is 11.2. The van der Waals surface area contributed by atoms with Gasteiger partial charge in [-0.2, -0.15) is 0 Å². The third-order valence-electron chi connectivity index (χ3n) is 2.29. The number of carbonyl (C=O) groups is 1. The van der Waals surface area contributed by atoms with Crippen LogP contribution in [0.2, 0.25) is 5.02 Å². The summed E-state index contributed by atoms with van der Waals surface area (Å²) >= 11 is 5.73. The number of aliphatic carboxylic acids is 1. The van der Waals surface area contributed by atoms with Gasteiger partial charge < -0.3 is 9.84 Å². The molecule has 0 aromatic heterocycles. The summed E-state index contributed by atoms with van der Waals surface area (Å²) in [6.45, 7) is 4.08. The molecule has 0 saturated carbocycles. The molecule has 1 aromatic rings. The zero-order chi connectivity index (χ0) is 12.9. The lowest BCUT2D eigenvalue weighted by Gasteiger charge is -2.20. The molecule has 0 aliphatic heterocycles. The van der Waals surface area contributed by atoms with Crippen LogP contribution in [0.5, 0.6) is 5.75 Å². The van der Waals surface area contributed by atoms with Gasteiger partial charge in [-0.05, 0) is 38.1 Å². The fourth-order valence-corrected chi connectivity index (χ4v) is 1.26. The lowest BCUT2D eigenvalue weighted by atomic mass is 10.1. The molecule has 2 N–H and O–H groups in total. The van der Waals surface area contributed by atoms with Crippen molar-refractivity contribution in [3.05, 3.63) is 29.3 Å². The third-order valence-corrected chi connectivity index (χ3v) is 2.54. The lowest BCUT2D eigenvalue weighted by Crippen LogP contribution is -2.48. The fraction of sp³-hybridized carbons (Fsp3) is 0.417. The molecule has 0 aliphatic carbocycles. The summed E-state index contributed by atoms with van der Waals surface area (Å²) in [7, 11) is 0. The molecular formula is C12H16ClNO3. The van der Waals surface area contributed by atoms with E-state index in [1.807, 2.05) is 0 Å². The van der Waals surface area contributed by atoms with Crippen LogP contribution >= 0.6 is 11.6 Å².